The molecule has 1 aromatic rings. The Morgan fingerprint density at radius 3 is 2.62 bits per heavy atom. The standard InChI is InChI=1S/C17H22N2O6S/c1-12(25-17(21)13-5-6-13)16(20)18-14-3-2-4-15(11-14)26(22,23)19-7-9-24-10-8-19/h2-4,11-13H,5-10H2,1H3,(H,18,20)/t12-/m0/s1. The van der Waals surface area contributed by atoms with Crippen LogP contribution in [0.2, 0.25) is 0 Å². The van der Waals surface area contributed by atoms with Crippen molar-refractivity contribution in [2.45, 2.75) is 30.8 Å². The molecule has 142 valence electrons. The van der Waals surface area contributed by atoms with Crippen LogP contribution in [-0.2, 0) is 29.1 Å². The van der Waals surface area contributed by atoms with Crippen LogP contribution in [0.25, 0.3) is 0 Å². The molecule has 0 radical (unpaired) electrons. The van der Waals surface area contributed by atoms with Gasteiger partial charge in [-0.15, -0.1) is 0 Å². The number of nitrogens with zero attached hydrogens (tertiary/aromatic N) is 1. The van der Waals surface area contributed by atoms with Gasteiger partial charge in [0.2, 0.25) is 10.0 Å². The molecule has 2 fully saturated rings. The van der Waals surface area contributed by atoms with Crippen molar-refractivity contribution in [3.05, 3.63) is 24.3 Å². The molecule has 1 saturated carbocycles. The van der Waals surface area contributed by atoms with Crippen LogP contribution >= 0.6 is 0 Å². The number of amides is 1. The Balaban J connectivity index is 1.66. The minimum absolute atomic E-state index is 0.0905. The zero-order valence-electron chi connectivity index (χ0n) is 14.5. The number of hydrogen-bond acceptors (Lipinski definition) is 6. The van der Waals surface area contributed by atoms with E-state index in [1.807, 2.05) is 0 Å². The van der Waals surface area contributed by atoms with E-state index in [0.717, 1.165) is 12.8 Å². The molecule has 0 spiro atoms. The van der Waals surface area contributed by atoms with Crippen LogP contribution in [0.3, 0.4) is 0 Å². The molecular formula is C17H22N2O6S. The van der Waals surface area contributed by atoms with Crippen LogP contribution < -0.4 is 5.32 Å². The lowest BCUT2D eigenvalue weighted by Gasteiger charge is -2.26. The lowest BCUT2D eigenvalue weighted by Crippen LogP contribution is -2.40. The van der Waals surface area contributed by atoms with Gasteiger partial charge in [-0.25, -0.2) is 8.42 Å². The number of benzene rings is 1. The summed E-state index contributed by atoms with van der Waals surface area (Å²) in [7, 11) is -3.65. The largest absolute Gasteiger partial charge is 0.452 e. The third-order valence-electron chi connectivity index (χ3n) is 4.28. The fraction of sp³-hybridized carbons (Fsp3) is 0.529. The molecule has 1 atom stereocenters. The average molecular weight is 382 g/mol. The monoisotopic (exact) mass is 382 g/mol. The first-order valence-corrected chi connectivity index (χ1v) is 10.0. The molecule has 1 heterocycles. The highest BCUT2D eigenvalue weighted by molar-refractivity contribution is 7.89. The Kier molecular flexibility index (Phi) is 5.59. The molecule has 2 aliphatic rings. The lowest BCUT2D eigenvalue weighted by atomic mass is 10.3. The van der Waals surface area contributed by atoms with Gasteiger partial charge in [0.15, 0.2) is 6.10 Å². The summed E-state index contributed by atoms with van der Waals surface area (Å²) in [5.41, 5.74) is 0.332. The number of sulfonamides is 1. The Morgan fingerprint density at radius 2 is 1.96 bits per heavy atom. The quantitative estimate of drug-likeness (QED) is 0.736. The van der Waals surface area contributed by atoms with Crippen molar-refractivity contribution in [2.24, 2.45) is 5.92 Å². The first kappa shape index (κ1) is 18.8. The first-order chi connectivity index (χ1) is 12.4. The number of anilines is 1. The van der Waals surface area contributed by atoms with E-state index in [-0.39, 0.29) is 16.8 Å². The molecule has 1 aliphatic heterocycles. The van der Waals surface area contributed by atoms with Crippen molar-refractivity contribution in [1.29, 1.82) is 0 Å². The van der Waals surface area contributed by atoms with Gasteiger partial charge < -0.3 is 14.8 Å². The fourth-order valence-electron chi connectivity index (χ4n) is 2.56. The van der Waals surface area contributed by atoms with Crippen LogP contribution in [0.5, 0.6) is 0 Å². The number of nitrogens with one attached hydrogen (secondary N) is 1. The molecule has 1 saturated heterocycles. The second-order valence-corrected chi connectivity index (χ2v) is 8.32. The maximum atomic E-state index is 12.7. The third-order valence-corrected chi connectivity index (χ3v) is 6.18. The number of esters is 1. The van der Waals surface area contributed by atoms with Crippen LogP contribution in [0.15, 0.2) is 29.2 Å². The molecule has 1 aromatic carbocycles. The second-order valence-electron chi connectivity index (χ2n) is 6.39. The van der Waals surface area contributed by atoms with Gasteiger partial charge in [0.05, 0.1) is 24.0 Å². The van der Waals surface area contributed by atoms with E-state index in [1.165, 1.54) is 23.4 Å². The summed E-state index contributed by atoms with van der Waals surface area (Å²) < 4.78 is 37.0. The zero-order valence-corrected chi connectivity index (χ0v) is 15.3. The molecule has 3 rings (SSSR count). The SMILES string of the molecule is C[C@H](OC(=O)C1CC1)C(=O)Nc1cccc(S(=O)(=O)N2CCOCC2)c1. The highest BCUT2D eigenvalue weighted by atomic mass is 32.2. The normalized spacial score (nSPS) is 19.6. The van der Waals surface area contributed by atoms with Crippen molar-refractivity contribution in [3.63, 3.8) is 0 Å². The molecule has 9 heteroatoms. The number of hydrogen-bond donors (Lipinski definition) is 1. The van der Waals surface area contributed by atoms with Crippen molar-refractivity contribution in [3.8, 4) is 0 Å². The van der Waals surface area contributed by atoms with E-state index in [1.54, 1.807) is 12.1 Å². The minimum Gasteiger partial charge on any atom is -0.452 e. The Hall–Kier alpha value is -1.97. The lowest BCUT2D eigenvalue weighted by molar-refractivity contribution is -0.154. The predicted molar refractivity (Wildman–Crippen MR) is 92.9 cm³/mol. The topological polar surface area (TPSA) is 102 Å². The molecule has 8 nitrogen and oxygen atoms in total. The number of carbonyl (C=O) groups excluding carboxylic acids is 2. The van der Waals surface area contributed by atoms with E-state index in [9.17, 15) is 18.0 Å². The van der Waals surface area contributed by atoms with E-state index in [0.29, 0.717) is 32.0 Å². The maximum Gasteiger partial charge on any atom is 0.309 e. The van der Waals surface area contributed by atoms with Gasteiger partial charge in [0.1, 0.15) is 0 Å². The Morgan fingerprint density at radius 1 is 1.27 bits per heavy atom. The summed E-state index contributed by atoms with van der Waals surface area (Å²) in [6.07, 6.45) is 0.658. The van der Waals surface area contributed by atoms with Gasteiger partial charge in [0, 0.05) is 18.8 Å². The molecule has 1 amide bonds. The highest BCUT2D eigenvalue weighted by Crippen LogP contribution is 2.30. The summed E-state index contributed by atoms with van der Waals surface area (Å²) in [4.78, 5) is 23.9. The predicted octanol–water partition coefficient (Wildman–Crippen LogP) is 0.988. The van der Waals surface area contributed by atoms with Gasteiger partial charge in [0.25, 0.3) is 5.91 Å². The van der Waals surface area contributed by atoms with Gasteiger partial charge in [-0.1, -0.05) is 6.07 Å². The summed E-state index contributed by atoms with van der Waals surface area (Å²) >= 11 is 0. The third kappa shape index (κ3) is 4.40. The molecule has 0 bridgehead atoms. The smallest absolute Gasteiger partial charge is 0.309 e. The molecular weight excluding hydrogens is 360 g/mol. The fourth-order valence-corrected chi connectivity index (χ4v) is 4.01. The summed E-state index contributed by atoms with van der Waals surface area (Å²) in [5.74, 6) is -0.955. The number of rotatable bonds is 6. The van der Waals surface area contributed by atoms with Crippen molar-refractivity contribution >= 4 is 27.6 Å². The average Bonchev–Trinajstić information content (AvgIpc) is 3.48. The van der Waals surface area contributed by atoms with Gasteiger partial charge in [-0.05, 0) is 38.0 Å². The van der Waals surface area contributed by atoms with E-state index < -0.39 is 22.0 Å². The van der Waals surface area contributed by atoms with Crippen molar-refractivity contribution in [1.82, 2.24) is 4.31 Å². The number of ether oxygens (including phenoxy) is 2. The number of morpholine rings is 1. The van der Waals surface area contributed by atoms with Crippen LogP contribution in [-0.4, -0.2) is 57.0 Å². The summed E-state index contributed by atoms with van der Waals surface area (Å²) in [6, 6.07) is 6.03. The Labute approximate surface area is 152 Å². The van der Waals surface area contributed by atoms with E-state index in [4.69, 9.17) is 9.47 Å². The zero-order chi connectivity index (χ0) is 18.7. The van der Waals surface area contributed by atoms with Crippen molar-refractivity contribution < 1.29 is 27.5 Å². The van der Waals surface area contributed by atoms with Gasteiger partial charge in [-0.3, -0.25) is 9.59 Å². The molecule has 0 aromatic heterocycles. The second kappa shape index (κ2) is 7.73. The molecule has 1 aliphatic carbocycles. The van der Waals surface area contributed by atoms with E-state index >= 15 is 0 Å². The molecule has 1 N–H and O–H groups in total. The maximum absolute atomic E-state index is 12.7. The molecule has 0 unspecified atom stereocenters. The summed E-state index contributed by atoms with van der Waals surface area (Å²) in [6.45, 7) is 2.81. The van der Waals surface area contributed by atoms with Crippen LogP contribution in [0.4, 0.5) is 5.69 Å². The Bertz CT molecular complexity index is 784. The first-order valence-electron chi connectivity index (χ1n) is 8.57. The highest BCUT2D eigenvalue weighted by Gasteiger charge is 2.33. The van der Waals surface area contributed by atoms with Gasteiger partial charge in [-0.2, -0.15) is 4.31 Å². The van der Waals surface area contributed by atoms with Gasteiger partial charge >= 0.3 is 5.97 Å². The minimum atomic E-state index is -3.65. The molecule has 26 heavy (non-hydrogen) atoms. The van der Waals surface area contributed by atoms with Crippen LogP contribution in [0.1, 0.15) is 19.8 Å². The van der Waals surface area contributed by atoms with E-state index in [2.05, 4.69) is 5.32 Å². The van der Waals surface area contributed by atoms with Crippen LogP contribution in [0, 0.1) is 5.92 Å². The summed E-state index contributed by atoms with van der Waals surface area (Å²) in [5, 5.41) is 2.60. The number of carbonyl (C=O) groups is 2. The van der Waals surface area contributed by atoms with Crippen molar-refractivity contribution in [2.75, 3.05) is 31.6 Å².